The summed E-state index contributed by atoms with van der Waals surface area (Å²) in [6.07, 6.45) is 4.76. The molecule has 0 bridgehead atoms. The molecule has 11 nitrogen and oxygen atoms in total. The molecule has 0 aromatic carbocycles. The van der Waals surface area contributed by atoms with Crippen LogP contribution in [0.1, 0.15) is 57.7 Å². The van der Waals surface area contributed by atoms with Crippen molar-refractivity contribution in [2.24, 2.45) is 5.41 Å². The van der Waals surface area contributed by atoms with Crippen molar-refractivity contribution in [1.82, 2.24) is 20.2 Å². The van der Waals surface area contributed by atoms with Crippen molar-refractivity contribution in [3.8, 4) is 0 Å². The maximum absolute atomic E-state index is 12.4. The number of nitrogens with one attached hydrogen (secondary N) is 2. The number of carbonyl (C=O) groups excluding carboxylic acids is 2. The number of ether oxygens (including phenoxy) is 3. The van der Waals surface area contributed by atoms with E-state index < -0.39 is 11.9 Å². The molecule has 0 unspecified atom stereocenters. The number of rotatable bonds is 9. The molecule has 3 heterocycles. The van der Waals surface area contributed by atoms with Crippen LogP contribution in [0.5, 0.6) is 0 Å². The molecule has 206 valence electrons. The Labute approximate surface area is 219 Å². The number of amides is 2. The number of fused-ring (bicyclic) bond motifs is 1. The van der Waals surface area contributed by atoms with Crippen LogP contribution in [0.4, 0.5) is 16.6 Å². The van der Waals surface area contributed by atoms with Gasteiger partial charge in [0, 0.05) is 64.3 Å². The molecule has 2 N–H and O–H groups in total. The third-order valence-corrected chi connectivity index (χ3v) is 7.23. The summed E-state index contributed by atoms with van der Waals surface area (Å²) in [4.78, 5) is 38.6. The standard InChI is InChI=1S/C26H42N6O5/c1-25(2,3)37-24(34)32-16-26(17-32)11-13-31(15-26)23-29-19-9-7-6-8-18(19)22(30-23)27-12-10-20(33)28-14-21(35-4)36-5/h21H,6-17H2,1-5H3,(H,28,33)(H,27,29,30). The molecule has 1 aliphatic carbocycles. The average molecular weight is 519 g/mol. The summed E-state index contributed by atoms with van der Waals surface area (Å²) in [6, 6.07) is 0. The van der Waals surface area contributed by atoms with E-state index in [4.69, 9.17) is 24.2 Å². The predicted molar refractivity (Wildman–Crippen MR) is 140 cm³/mol. The number of carbonyl (C=O) groups is 2. The molecule has 2 amide bonds. The van der Waals surface area contributed by atoms with Gasteiger partial charge in [0.15, 0.2) is 6.29 Å². The molecule has 2 aliphatic heterocycles. The van der Waals surface area contributed by atoms with Crippen LogP contribution in [0, 0.1) is 5.41 Å². The second-order valence-electron chi connectivity index (χ2n) is 11.4. The molecule has 1 aromatic heterocycles. The Hall–Kier alpha value is -2.66. The molecule has 0 saturated carbocycles. The molecule has 0 atom stereocenters. The Morgan fingerprint density at radius 2 is 1.81 bits per heavy atom. The van der Waals surface area contributed by atoms with Gasteiger partial charge in [-0.3, -0.25) is 4.79 Å². The van der Waals surface area contributed by atoms with Crippen LogP contribution in [0.2, 0.25) is 0 Å². The first kappa shape index (κ1) is 27.4. The summed E-state index contributed by atoms with van der Waals surface area (Å²) >= 11 is 0. The summed E-state index contributed by atoms with van der Waals surface area (Å²) in [7, 11) is 3.09. The highest BCUT2D eigenvalue weighted by Gasteiger charge is 2.50. The molecule has 1 aromatic rings. The topological polar surface area (TPSA) is 118 Å². The molecular formula is C26H42N6O5. The summed E-state index contributed by atoms with van der Waals surface area (Å²) in [5.41, 5.74) is 1.86. The maximum atomic E-state index is 12.4. The van der Waals surface area contributed by atoms with E-state index in [2.05, 4.69) is 15.5 Å². The zero-order valence-electron chi connectivity index (χ0n) is 22.9. The van der Waals surface area contributed by atoms with Gasteiger partial charge < -0.3 is 34.6 Å². The number of aromatic nitrogens is 2. The second-order valence-corrected chi connectivity index (χ2v) is 11.4. The first-order chi connectivity index (χ1) is 17.6. The van der Waals surface area contributed by atoms with E-state index in [0.29, 0.717) is 32.6 Å². The van der Waals surface area contributed by atoms with E-state index in [1.54, 1.807) is 19.1 Å². The Morgan fingerprint density at radius 1 is 1.08 bits per heavy atom. The first-order valence-electron chi connectivity index (χ1n) is 13.3. The van der Waals surface area contributed by atoms with Crippen LogP contribution in [0.15, 0.2) is 0 Å². The molecule has 2 fully saturated rings. The molecule has 0 radical (unpaired) electrons. The van der Waals surface area contributed by atoms with E-state index in [0.717, 1.165) is 62.7 Å². The van der Waals surface area contributed by atoms with E-state index in [-0.39, 0.29) is 17.4 Å². The van der Waals surface area contributed by atoms with Gasteiger partial charge in [0.1, 0.15) is 11.4 Å². The highest BCUT2D eigenvalue weighted by Crippen LogP contribution is 2.41. The minimum Gasteiger partial charge on any atom is -0.444 e. The summed E-state index contributed by atoms with van der Waals surface area (Å²) in [5, 5.41) is 6.23. The fourth-order valence-electron chi connectivity index (χ4n) is 5.29. The van der Waals surface area contributed by atoms with E-state index in [1.165, 1.54) is 5.56 Å². The minimum atomic E-state index is -0.487. The molecular weight excluding hydrogens is 476 g/mol. The minimum absolute atomic E-state index is 0.0734. The van der Waals surface area contributed by atoms with Crippen molar-refractivity contribution in [2.45, 2.75) is 71.2 Å². The van der Waals surface area contributed by atoms with Gasteiger partial charge in [-0.1, -0.05) is 0 Å². The quantitative estimate of drug-likeness (QED) is 0.475. The Balaban J connectivity index is 1.35. The fourth-order valence-corrected chi connectivity index (χ4v) is 5.29. The highest BCUT2D eigenvalue weighted by molar-refractivity contribution is 5.76. The number of hydrogen-bond donors (Lipinski definition) is 2. The van der Waals surface area contributed by atoms with Gasteiger partial charge in [0.05, 0.1) is 12.2 Å². The predicted octanol–water partition coefficient (Wildman–Crippen LogP) is 2.34. The largest absolute Gasteiger partial charge is 0.444 e. The first-order valence-corrected chi connectivity index (χ1v) is 13.3. The van der Waals surface area contributed by atoms with Crippen molar-refractivity contribution in [3.05, 3.63) is 11.3 Å². The van der Waals surface area contributed by atoms with Crippen molar-refractivity contribution in [1.29, 1.82) is 0 Å². The number of aryl methyl sites for hydroxylation is 1. The number of likely N-dealkylation sites (tertiary alicyclic amines) is 1. The molecule has 11 heteroatoms. The molecule has 37 heavy (non-hydrogen) atoms. The van der Waals surface area contributed by atoms with Gasteiger partial charge in [-0.15, -0.1) is 0 Å². The monoisotopic (exact) mass is 518 g/mol. The van der Waals surface area contributed by atoms with Crippen molar-refractivity contribution in [2.75, 3.05) is 63.7 Å². The summed E-state index contributed by atoms with van der Waals surface area (Å²) < 4.78 is 15.7. The number of anilines is 2. The van der Waals surface area contributed by atoms with Gasteiger partial charge in [-0.2, -0.15) is 4.98 Å². The van der Waals surface area contributed by atoms with Crippen molar-refractivity contribution < 1.29 is 23.8 Å². The molecule has 4 rings (SSSR count). The number of methoxy groups -OCH3 is 2. The SMILES string of the molecule is COC(CNC(=O)CCNc1nc(N2CCC3(CN(C(=O)OC(C)(C)C)C3)C2)nc2c1CCCC2)OC. The zero-order chi connectivity index (χ0) is 26.6. The third-order valence-electron chi connectivity index (χ3n) is 7.23. The van der Waals surface area contributed by atoms with Gasteiger partial charge in [-0.25, -0.2) is 9.78 Å². The lowest BCUT2D eigenvalue weighted by Gasteiger charge is -2.47. The second kappa shape index (κ2) is 11.4. The molecule has 2 saturated heterocycles. The lowest BCUT2D eigenvalue weighted by molar-refractivity contribution is -0.127. The summed E-state index contributed by atoms with van der Waals surface area (Å²) in [5.74, 6) is 1.50. The van der Waals surface area contributed by atoms with Gasteiger partial charge in [0.2, 0.25) is 11.9 Å². The van der Waals surface area contributed by atoms with E-state index in [1.807, 2.05) is 20.8 Å². The van der Waals surface area contributed by atoms with Crippen LogP contribution in [0.3, 0.4) is 0 Å². The van der Waals surface area contributed by atoms with Crippen LogP contribution in [-0.2, 0) is 31.8 Å². The van der Waals surface area contributed by atoms with E-state index >= 15 is 0 Å². The molecule has 1 spiro atoms. The normalized spacial score (nSPS) is 18.5. The van der Waals surface area contributed by atoms with Crippen molar-refractivity contribution in [3.63, 3.8) is 0 Å². The zero-order valence-corrected chi connectivity index (χ0v) is 22.9. The van der Waals surface area contributed by atoms with Crippen LogP contribution in [0.25, 0.3) is 0 Å². The van der Waals surface area contributed by atoms with Crippen molar-refractivity contribution >= 4 is 23.8 Å². The average Bonchev–Trinajstić information content (AvgIpc) is 3.29. The number of nitrogens with zero attached hydrogens (tertiary/aromatic N) is 4. The van der Waals surface area contributed by atoms with Gasteiger partial charge in [-0.05, 0) is 52.9 Å². The Kier molecular flexibility index (Phi) is 8.42. The highest BCUT2D eigenvalue weighted by atomic mass is 16.7. The van der Waals surface area contributed by atoms with Gasteiger partial charge in [0.25, 0.3) is 0 Å². The Bertz CT molecular complexity index is 971. The molecule has 3 aliphatic rings. The van der Waals surface area contributed by atoms with Crippen LogP contribution in [-0.4, -0.2) is 92.2 Å². The maximum Gasteiger partial charge on any atom is 0.410 e. The van der Waals surface area contributed by atoms with E-state index in [9.17, 15) is 9.59 Å². The smallest absolute Gasteiger partial charge is 0.410 e. The summed E-state index contributed by atoms with van der Waals surface area (Å²) in [6.45, 7) is 9.56. The fraction of sp³-hybridized carbons (Fsp3) is 0.769. The van der Waals surface area contributed by atoms with Gasteiger partial charge >= 0.3 is 6.09 Å². The lowest BCUT2D eigenvalue weighted by atomic mass is 9.79. The number of hydrogen-bond acceptors (Lipinski definition) is 9. The third kappa shape index (κ3) is 6.81. The van der Waals surface area contributed by atoms with Crippen LogP contribution >= 0.6 is 0 Å². The Morgan fingerprint density at radius 3 is 2.51 bits per heavy atom. The van der Waals surface area contributed by atoms with Crippen LogP contribution < -0.4 is 15.5 Å². The lowest BCUT2D eigenvalue weighted by Crippen LogP contribution is -2.60.